The highest BCUT2D eigenvalue weighted by Crippen LogP contribution is 2.43. The van der Waals surface area contributed by atoms with E-state index in [1.807, 2.05) is 0 Å². The summed E-state index contributed by atoms with van der Waals surface area (Å²) in [5.74, 6) is 2.03. The summed E-state index contributed by atoms with van der Waals surface area (Å²) in [6.07, 6.45) is 2.30. The smallest absolute Gasteiger partial charge is 0.244 e. The lowest BCUT2D eigenvalue weighted by molar-refractivity contribution is -0.132. The Balaban J connectivity index is 2.09. The normalized spacial score (nSPS) is 28.5. The maximum Gasteiger partial charge on any atom is 0.244 e. The number of hydrogen-bond acceptors (Lipinski definition) is 2. The molecule has 1 amide bonds. The van der Waals surface area contributed by atoms with Gasteiger partial charge >= 0.3 is 0 Å². The van der Waals surface area contributed by atoms with E-state index in [1.165, 1.54) is 0 Å². The highest BCUT2D eigenvalue weighted by atomic mass is 16.2. The Morgan fingerprint density at radius 1 is 1.29 bits per heavy atom. The van der Waals surface area contributed by atoms with Crippen molar-refractivity contribution in [2.75, 3.05) is 6.54 Å². The molecule has 1 spiro atoms. The second-order valence-corrected chi connectivity index (χ2v) is 6.59. The van der Waals surface area contributed by atoms with Crippen molar-refractivity contribution in [1.29, 1.82) is 0 Å². The lowest BCUT2D eigenvalue weighted by Crippen LogP contribution is -2.44. The summed E-state index contributed by atoms with van der Waals surface area (Å²) in [4.78, 5) is 14.5. The van der Waals surface area contributed by atoms with Crippen LogP contribution in [0.15, 0.2) is 0 Å². The zero-order chi connectivity index (χ0) is 12.8. The molecule has 1 saturated heterocycles. The van der Waals surface area contributed by atoms with Crippen LogP contribution >= 0.6 is 0 Å². The van der Waals surface area contributed by atoms with Gasteiger partial charge in [0.25, 0.3) is 0 Å². The fourth-order valence-electron chi connectivity index (χ4n) is 2.55. The quantitative estimate of drug-likeness (QED) is 0.814. The second kappa shape index (κ2) is 4.27. The van der Waals surface area contributed by atoms with Gasteiger partial charge < -0.3 is 4.90 Å². The average Bonchev–Trinajstić information content (AvgIpc) is 2.96. The molecule has 0 aromatic rings. The van der Waals surface area contributed by atoms with E-state index < -0.39 is 0 Å². The van der Waals surface area contributed by atoms with Crippen LogP contribution in [0.5, 0.6) is 0 Å². The molecule has 2 fully saturated rings. The molecule has 2 atom stereocenters. The molecule has 3 nitrogen and oxygen atoms in total. The van der Waals surface area contributed by atoms with E-state index in [4.69, 9.17) is 0 Å². The Labute approximate surface area is 105 Å². The number of nitrogens with zero attached hydrogens (tertiary/aromatic N) is 1. The van der Waals surface area contributed by atoms with Gasteiger partial charge in [0, 0.05) is 6.54 Å². The van der Waals surface area contributed by atoms with Gasteiger partial charge in [-0.1, -0.05) is 34.6 Å². The average molecular weight is 238 g/mol. The molecule has 0 radical (unpaired) electrons. The first kappa shape index (κ1) is 12.9. The summed E-state index contributed by atoms with van der Waals surface area (Å²) in [6, 6.07) is 0. The third-order valence-electron chi connectivity index (χ3n) is 4.43. The van der Waals surface area contributed by atoms with Crippen molar-refractivity contribution in [1.82, 2.24) is 10.2 Å². The van der Waals surface area contributed by atoms with Crippen LogP contribution in [0.3, 0.4) is 0 Å². The zero-order valence-corrected chi connectivity index (χ0v) is 11.8. The Morgan fingerprint density at radius 3 is 2.29 bits per heavy atom. The predicted octanol–water partition coefficient (Wildman–Crippen LogP) is 2.22. The maximum atomic E-state index is 12.4. The highest BCUT2D eigenvalue weighted by Gasteiger charge is 2.59. The van der Waals surface area contributed by atoms with E-state index in [0.717, 1.165) is 19.4 Å². The second-order valence-electron chi connectivity index (χ2n) is 6.59. The van der Waals surface area contributed by atoms with Crippen LogP contribution in [0.4, 0.5) is 0 Å². The first-order chi connectivity index (χ1) is 7.87. The number of hydrogen-bond donors (Lipinski definition) is 1. The molecule has 1 saturated carbocycles. The van der Waals surface area contributed by atoms with Crippen molar-refractivity contribution >= 4 is 5.91 Å². The molecule has 17 heavy (non-hydrogen) atoms. The zero-order valence-electron chi connectivity index (χ0n) is 11.8. The van der Waals surface area contributed by atoms with Gasteiger partial charge in [0.2, 0.25) is 5.91 Å². The molecular weight excluding hydrogens is 212 g/mol. The molecule has 2 aliphatic rings. The Hall–Kier alpha value is -0.570. The van der Waals surface area contributed by atoms with Gasteiger partial charge in [-0.2, -0.15) is 0 Å². The Bertz CT molecular complexity index is 307. The van der Waals surface area contributed by atoms with Crippen molar-refractivity contribution in [2.24, 2.45) is 17.8 Å². The molecule has 98 valence electrons. The van der Waals surface area contributed by atoms with Gasteiger partial charge in [-0.15, -0.1) is 0 Å². The van der Waals surface area contributed by atoms with Crippen LogP contribution in [0.2, 0.25) is 0 Å². The molecule has 2 unspecified atom stereocenters. The van der Waals surface area contributed by atoms with E-state index in [0.29, 0.717) is 23.7 Å². The summed E-state index contributed by atoms with van der Waals surface area (Å²) in [6.45, 7) is 12.0. The van der Waals surface area contributed by atoms with Gasteiger partial charge in [0.1, 0.15) is 0 Å². The van der Waals surface area contributed by atoms with E-state index in [2.05, 4.69) is 44.8 Å². The molecule has 2 rings (SSSR count). The van der Waals surface area contributed by atoms with Gasteiger partial charge in [0.15, 0.2) is 0 Å². The van der Waals surface area contributed by atoms with Crippen LogP contribution < -0.4 is 5.32 Å². The summed E-state index contributed by atoms with van der Waals surface area (Å²) in [5.41, 5.74) is -0.161. The minimum absolute atomic E-state index is 0.161. The highest BCUT2D eigenvalue weighted by molar-refractivity contribution is 5.91. The molecular formula is C14H26N2O. The van der Waals surface area contributed by atoms with Crippen LogP contribution in [0, 0.1) is 17.8 Å². The van der Waals surface area contributed by atoms with Gasteiger partial charge in [0.05, 0.1) is 11.7 Å². The third-order valence-corrected chi connectivity index (χ3v) is 4.43. The van der Waals surface area contributed by atoms with Gasteiger partial charge in [-0.3, -0.25) is 10.1 Å². The molecule has 3 heteroatoms. The molecule has 0 bridgehead atoms. The molecule has 1 N–H and O–H groups in total. The Morgan fingerprint density at radius 2 is 1.88 bits per heavy atom. The fourth-order valence-corrected chi connectivity index (χ4v) is 2.55. The summed E-state index contributed by atoms with van der Waals surface area (Å²) < 4.78 is 0. The minimum Gasteiger partial charge on any atom is -0.325 e. The topological polar surface area (TPSA) is 32.3 Å². The van der Waals surface area contributed by atoms with Crippen molar-refractivity contribution in [3.05, 3.63) is 0 Å². The molecule has 1 aliphatic heterocycles. The SMILES string of the molecule is CC(C)C(C)CN1C(=O)C2(CC2)NC1C(C)C. The van der Waals surface area contributed by atoms with E-state index in [-0.39, 0.29) is 11.7 Å². The van der Waals surface area contributed by atoms with Crippen molar-refractivity contribution in [3.63, 3.8) is 0 Å². The van der Waals surface area contributed by atoms with Gasteiger partial charge in [-0.05, 0) is 30.6 Å². The summed E-state index contributed by atoms with van der Waals surface area (Å²) in [7, 11) is 0. The van der Waals surface area contributed by atoms with Crippen LogP contribution in [0.25, 0.3) is 0 Å². The molecule has 0 aromatic carbocycles. The first-order valence-corrected chi connectivity index (χ1v) is 6.96. The van der Waals surface area contributed by atoms with Crippen molar-refractivity contribution in [2.45, 2.75) is 59.2 Å². The standard InChI is InChI=1S/C14H26N2O/c1-9(2)11(5)8-16-12(10(3)4)15-14(6-7-14)13(16)17/h9-12,15H,6-8H2,1-5H3. The minimum atomic E-state index is -0.161. The maximum absolute atomic E-state index is 12.4. The van der Waals surface area contributed by atoms with E-state index in [1.54, 1.807) is 0 Å². The van der Waals surface area contributed by atoms with Crippen molar-refractivity contribution < 1.29 is 4.79 Å². The number of carbonyl (C=O) groups is 1. The van der Waals surface area contributed by atoms with E-state index >= 15 is 0 Å². The number of rotatable bonds is 4. The molecule has 1 aliphatic carbocycles. The Kier molecular flexibility index (Phi) is 3.23. The summed E-state index contributed by atoms with van der Waals surface area (Å²) in [5, 5.41) is 3.56. The lowest BCUT2D eigenvalue weighted by Gasteiger charge is -2.30. The monoisotopic (exact) mass is 238 g/mol. The molecule has 1 heterocycles. The third kappa shape index (κ3) is 2.22. The first-order valence-electron chi connectivity index (χ1n) is 6.96. The number of amides is 1. The molecule has 0 aromatic heterocycles. The number of nitrogens with one attached hydrogen (secondary N) is 1. The van der Waals surface area contributed by atoms with E-state index in [9.17, 15) is 4.79 Å². The van der Waals surface area contributed by atoms with Crippen LogP contribution in [0.1, 0.15) is 47.5 Å². The predicted molar refractivity (Wildman–Crippen MR) is 69.4 cm³/mol. The number of carbonyl (C=O) groups excluding carboxylic acids is 1. The lowest BCUT2D eigenvalue weighted by atomic mass is 9.97. The van der Waals surface area contributed by atoms with Gasteiger partial charge in [-0.25, -0.2) is 0 Å². The largest absolute Gasteiger partial charge is 0.325 e. The van der Waals surface area contributed by atoms with Crippen LogP contribution in [-0.2, 0) is 4.79 Å². The van der Waals surface area contributed by atoms with Crippen LogP contribution in [-0.4, -0.2) is 29.1 Å². The fraction of sp³-hybridized carbons (Fsp3) is 0.929. The van der Waals surface area contributed by atoms with Crippen molar-refractivity contribution in [3.8, 4) is 0 Å². The summed E-state index contributed by atoms with van der Waals surface area (Å²) >= 11 is 0.